The fourth-order valence-corrected chi connectivity index (χ4v) is 5.58. The molecule has 0 spiro atoms. The van der Waals surface area contributed by atoms with Crippen LogP contribution in [0, 0.1) is 0 Å². The van der Waals surface area contributed by atoms with E-state index in [1.807, 2.05) is 54.6 Å². The predicted octanol–water partition coefficient (Wildman–Crippen LogP) is 10.4. The highest BCUT2D eigenvalue weighted by atomic mass is 16.5. The maximum Gasteiger partial charge on any atom is 0.128 e. The van der Waals surface area contributed by atoms with E-state index in [1.165, 1.54) is 17.3 Å². The van der Waals surface area contributed by atoms with Crippen molar-refractivity contribution in [2.75, 3.05) is 12.8 Å². The van der Waals surface area contributed by atoms with Crippen molar-refractivity contribution in [2.45, 2.75) is 52.4 Å². The molecule has 0 aliphatic carbocycles. The Morgan fingerprint density at radius 3 is 1.85 bits per heavy atom. The second-order valence-electron chi connectivity index (χ2n) is 13.8. The number of nitrogens with two attached hydrogens (primary N) is 2. The number of methoxy groups -OCH3 is 1. The smallest absolute Gasteiger partial charge is 0.128 e. The van der Waals surface area contributed by atoms with Gasteiger partial charge in [0.2, 0.25) is 0 Å². The molecule has 0 unspecified atom stereocenters. The molecule has 0 saturated carbocycles. The summed E-state index contributed by atoms with van der Waals surface area (Å²) >= 11 is 0. The third kappa shape index (κ3) is 7.07. The lowest BCUT2D eigenvalue weighted by molar-refractivity contribution is 0.416. The van der Waals surface area contributed by atoms with Gasteiger partial charge in [-0.05, 0) is 86.8 Å². The van der Waals surface area contributed by atoms with E-state index in [9.17, 15) is 0 Å². The molecule has 0 aliphatic heterocycles. The Kier molecular flexibility index (Phi) is 9.20. The lowest BCUT2D eigenvalue weighted by atomic mass is 9.79. The molecule has 0 radical (unpaired) electrons. The van der Waals surface area contributed by atoms with Gasteiger partial charge in [0.05, 0.1) is 18.5 Å². The Morgan fingerprint density at radius 1 is 0.609 bits per heavy atom. The van der Waals surface area contributed by atoms with Gasteiger partial charge in [0.15, 0.2) is 0 Å². The van der Waals surface area contributed by atoms with Gasteiger partial charge in [-0.15, -0.1) is 0 Å². The van der Waals surface area contributed by atoms with E-state index in [4.69, 9.17) is 21.2 Å². The van der Waals surface area contributed by atoms with Crippen molar-refractivity contribution in [1.82, 2.24) is 4.98 Å². The molecule has 0 bridgehead atoms. The van der Waals surface area contributed by atoms with Crippen LogP contribution in [0.4, 0.5) is 5.69 Å². The van der Waals surface area contributed by atoms with E-state index in [0.717, 1.165) is 56.1 Å². The number of allylic oxidation sites excluding steroid dienone is 2. The minimum Gasteiger partial charge on any atom is -0.496 e. The van der Waals surface area contributed by atoms with Crippen molar-refractivity contribution < 1.29 is 4.74 Å². The summed E-state index contributed by atoms with van der Waals surface area (Å²) in [7, 11) is 1.70. The first kappa shape index (κ1) is 32.3. The number of aromatic nitrogens is 1. The molecule has 1 aromatic heterocycles. The van der Waals surface area contributed by atoms with Gasteiger partial charge in [0.25, 0.3) is 0 Å². The monoisotopic (exact) mass is 607 g/mol. The van der Waals surface area contributed by atoms with Crippen LogP contribution in [-0.4, -0.2) is 12.1 Å². The zero-order chi connectivity index (χ0) is 33.1. The zero-order valence-electron chi connectivity index (χ0n) is 28.1. The first-order valence-electron chi connectivity index (χ1n) is 15.7. The van der Waals surface area contributed by atoms with Gasteiger partial charge in [0, 0.05) is 22.4 Å². The van der Waals surface area contributed by atoms with E-state index < -0.39 is 0 Å². The van der Waals surface area contributed by atoms with Gasteiger partial charge in [-0.1, -0.05) is 120 Å². The van der Waals surface area contributed by atoms with Gasteiger partial charge in [-0.2, -0.15) is 0 Å². The van der Waals surface area contributed by atoms with Crippen molar-refractivity contribution in [3.05, 3.63) is 132 Å². The summed E-state index contributed by atoms with van der Waals surface area (Å²) in [6, 6.07) is 33.8. The molecule has 4 nitrogen and oxygen atoms in total. The maximum absolute atomic E-state index is 6.79. The average molecular weight is 608 g/mol. The van der Waals surface area contributed by atoms with Gasteiger partial charge in [-0.25, -0.2) is 4.98 Å². The SMILES string of the molecule is COc1ccccc1-c1cc(-c2cc(C(C)(C)C)cc(C(C)(C)C)c2)cc(-c2ccc(-c3ccccc3C=C/C=C\N)c(N)c2)n1. The summed E-state index contributed by atoms with van der Waals surface area (Å²) in [5.74, 6) is 0.779. The highest BCUT2D eigenvalue weighted by molar-refractivity contribution is 5.87. The summed E-state index contributed by atoms with van der Waals surface area (Å²) in [4.78, 5) is 5.20. The molecule has 4 aromatic carbocycles. The third-order valence-corrected chi connectivity index (χ3v) is 8.30. The van der Waals surface area contributed by atoms with Crippen LogP contribution in [0.25, 0.3) is 50.8 Å². The number of ether oxygens (including phenoxy) is 1. The van der Waals surface area contributed by atoms with Crippen LogP contribution in [0.15, 0.2) is 115 Å². The van der Waals surface area contributed by atoms with Crippen LogP contribution in [0.3, 0.4) is 0 Å². The number of pyridine rings is 1. The first-order chi connectivity index (χ1) is 21.9. The molecule has 0 aliphatic rings. The number of nitrogens with zero attached hydrogens (tertiary/aromatic N) is 1. The second kappa shape index (κ2) is 13.1. The Balaban J connectivity index is 1.71. The van der Waals surface area contributed by atoms with Crippen molar-refractivity contribution in [3.8, 4) is 50.5 Å². The minimum atomic E-state index is -0.00623. The quantitative estimate of drug-likeness (QED) is 0.143. The highest BCUT2D eigenvalue weighted by Gasteiger charge is 2.22. The normalized spacial score (nSPS) is 12.2. The Labute approximate surface area is 274 Å². The zero-order valence-corrected chi connectivity index (χ0v) is 28.1. The molecule has 46 heavy (non-hydrogen) atoms. The number of benzene rings is 4. The molecule has 5 rings (SSSR count). The topological polar surface area (TPSA) is 74.2 Å². The number of rotatable bonds is 7. The summed E-state index contributed by atoms with van der Waals surface area (Å²) in [5, 5.41) is 0. The van der Waals surface area contributed by atoms with Crippen LogP contribution < -0.4 is 16.2 Å². The molecular formula is C42H45N3O. The number of nitrogen functional groups attached to an aromatic ring is 1. The van der Waals surface area contributed by atoms with E-state index in [-0.39, 0.29) is 10.8 Å². The molecular weight excluding hydrogens is 562 g/mol. The molecule has 0 atom stereocenters. The Hall–Kier alpha value is -5.09. The summed E-state index contributed by atoms with van der Waals surface area (Å²) in [5.41, 5.74) is 24.5. The van der Waals surface area contributed by atoms with Crippen molar-refractivity contribution in [2.24, 2.45) is 5.73 Å². The minimum absolute atomic E-state index is 0.00623. The summed E-state index contributed by atoms with van der Waals surface area (Å²) in [6.07, 6.45) is 7.29. The number of hydrogen-bond donors (Lipinski definition) is 2. The van der Waals surface area contributed by atoms with Gasteiger partial charge in [0.1, 0.15) is 5.75 Å². The van der Waals surface area contributed by atoms with E-state index in [1.54, 1.807) is 7.11 Å². The fraction of sp³-hybridized carbons (Fsp3) is 0.214. The lowest BCUT2D eigenvalue weighted by Crippen LogP contribution is -2.16. The molecule has 0 amide bonds. The number of anilines is 1. The van der Waals surface area contributed by atoms with Crippen LogP contribution in [0.2, 0.25) is 0 Å². The van der Waals surface area contributed by atoms with E-state index in [0.29, 0.717) is 5.69 Å². The molecule has 4 heteroatoms. The molecule has 234 valence electrons. The van der Waals surface area contributed by atoms with E-state index in [2.05, 4.69) is 102 Å². The van der Waals surface area contributed by atoms with Crippen molar-refractivity contribution in [3.63, 3.8) is 0 Å². The average Bonchev–Trinajstić information content (AvgIpc) is 3.04. The van der Waals surface area contributed by atoms with Crippen LogP contribution in [0.5, 0.6) is 5.75 Å². The molecule has 4 N–H and O–H groups in total. The van der Waals surface area contributed by atoms with E-state index >= 15 is 0 Å². The fourth-order valence-electron chi connectivity index (χ4n) is 5.58. The molecule has 0 saturated heterocycles. The molecule has 5 aromatic rings. The highest BCUT2D eigenvalue weighted by Crippen LogP contribution is 2.39. The van der Waals surface area contributed by atoms with Gasteiger partial charge >= 0.3 is 0 Å². The first-order valence-corrected chi connectivity index (χ1v) is 15.7. The third-order valence-electron chi connectivity index (χ3n) is 8.30. The number of hydrogen-bond acceptors (Lipinski definition) is 4. The molecule has 1 heterocycles. The maximum atomic E-state index is 6.79. The standard InChI is InChI=1S/C42H45N3O/c1-41(2,3)32-22-30(23-33(27-32)42(4,5)6)31-25-38(45-39(26-31)36-17-10-11-18-40(36)46-7)29-19-20-35(37(44)24-29)34-16-9-8-14-28(34)15-12-13-21-43/h8-27H,43-44H2,1-7H3/b15-12?,21-13-. The second-order valence-corrected chi connectivity index (χ2v) is 13.8. The van der Waals surface area contributed by atoms with Gasteiger partial charge < -0.3 is 16.2 Å². The predicted molar refractivity (Wildman–Crippen MR) is 197 cm³/mol. The number of para-hydroxylation sites is 1. The van der Waals surface area contributed by atoms with Crippen LogP contribution >= 0.6 is 0 Å². The summed E-state index contributed by atoms with van der Waals surface area (Å²) in [6.45, 7) is 13.6. The Bertz CT molecular complexity index is 1890. The van der Waals surface area contributed by atoms with Crippen molar-refractivity contribution >= 4 is 11.8 Å². The largest absolute Gasteiger partial charge is 0.496 e. The summed E-state index contributed by atoms with van der Waals surface area (Å²) < 4.78 is 5.77. The Morgan fingerprint density at radius 2 is 1.22 bits per heavy atom. The molecule has 0 fully saturated rings. The van der Waals surface area contributed by atoms with Gasteiger partial charge in [-0.3, -0.25) is 0 Å². The van der Waals surface area contributed by atoms with Crippen LogP contribution in [0.1, 0.15) is 58.2 Å². The lowest BCUT2D eigenvalue weighted by Gasteiger charge is -2.26. The van der Waals surface area contributed by atoms with Crippen LogP contribution in [-0.2, 0) is 10.8 Å². The van der Waals surface area contributed by atoms with Crippen molar-refractivity contribution in [1.29, 1.82) is 0 Å².